The van der Waals surface area contributed by atoms with Gasteiger partial charge in [-0.25, -0.2) is 4.98 Å². The van der Waals surface area contributed by atoms with Crippen LogP contribution in [0.5, 0.6) is 0 Å². The fraction of sp³-hybridized carbons (Fsp3) is 0.615. The predicted molar refractivity (Wildman–Crippen MR) is 87.0 cm³/mol. The summed E-state index contributed by atoms with van der Waals surface area (Å²) in [4.78, 5) is 29.6. The molecule has 8 heteroatoms. The normalized spacial score (nSPS) is 17.9. The number of nitrogens with zero attached hydrogens (tertiary/aromatic N) is 2. The van der Waals surface area contributed by atoms with Gasteiger partial charge in [-0.3, -0.25) is 9.59 Å². The molecule has 0 aliphatic carbocycles. The molecule has 2 heterocycles. The fourth-order valence-electron chi connectivity index (χ4n) is 2.02. The number of carbonyl (C=O) groups is 2. The van der Waals surface area contributed by atoms with Crippen molar-refractivity contribution in [1.29, 1.82) is 0 Å². The Morgan fingerprint density at radius 3 is 2.43 bits per heavy atom. The first kappa shape index (κ1) is 20.1. The van der Waals surface area contributed by atoms with Crippen molar-refractivity contribution in [2.24, 2.45) is 5.92 Å². The van der Waals surface area contributed by atoms with E-state index < -0.39 is 11.9 Å². The zero-order valence-electron chi connectivity index (χ0n) is 12.2. The van der Waals surface area contributed by atoms with Crippen LogP contribution in [0.25, 0.3) is 0 Å². The Labute approximate surface area is 140 Å². The quantitative estimate of drug-likeness (QED) is 0.886. The van der Waals surface area contributed by atoms with E-state index in [-0.39, 0.29) is 36.1 Å². The lowest BCUT2D eigenvalue weighted by molar-refractivity contribution is -0.141. The number of aromatic nitrogens is 1. The molecule has 0 bridgehead atoms. The average Bonchev–Trinajstić information content (AvgIpc) is 2.97. The minimum absolute atomic E-state index is 0. The van der Waals surface area contributed by atoms with Crippen LogP contribution in [0.2, 0.25) is 0 Å². The van der Waals surface area contributed by atoms with E-state index in [1.165, 1.54) is 11.3 Å². The zero-order chi connectivity index (χ0) is 14.2. The van der Waals surface area contributed by atoms with Crippen molar-refractivity contribution in [3.05, 3.63) is 16.1 Å². The molecule has 0 aromatic carbocycles. The van der Waals surface area contributed by atoms with Gasteiger partial charge in [-0.05, 0) is 6.42 Å². The smallest absolute Gasteiger partial charge is 0.308 e. The highest BCUT2D eigenvalue weighted by molar-refractivity contribution is 7.13. The van der Waals surface area contributed by atoms with Crippen LogP contribution >= 0.6 is 36.2 Å². The van der Waals surface area contributed by atoms with E-state index in [1.807, 2.05) is 0 Å². The van der Waals surface area contributed by atoms with Crippen LogP contribution in [-0.4, -0.2) is 40.0 Å². The lowest BCUT2D eigenvalue weighted by Crippen LogP contribution is -2.29. The third-order valence-corrected chi connectivity index (χ3v) is 4.59. The van der Waals surface area contributed by atoms with Gasteiger partial charge in [0.05, 0.1) is 17.1 Å². The van der Waals surface area contributed by atoms with Crippen molar-refractivity contribution >= 4 is 48.0 Å². The molecule has 0 spiro atoms. The number of amides is 1. The van der Waals surface area contributed by atoms with Crippen molar-refractivity contribution in [1.82, 2.24) is 9.88 Å². The molecule has 0 radical (unpaired) electrons. The number of thiazole rings is 1. The molecule has 1 aromatic heterocycles. The summed E-state index contributed by atoms with van der Waals surface area (Å²) >= 11 is 1.39. The molecule has 1 N–H and O–H groups in total. The van der Waals surface area contributed by atoms with Gasteiger partial charge in [0.15, 0.2) is 0 Å². The van der Waals surface area contributed by atoms with E-state index in [9.17, 15) is 9.59 Å². The Morgan fingerprint density at radius 2 is 2.00 bits per heavy atom. The summed E-state index contributed by atoms with van der Waals surface area (Å²) < 4.78 is 0. The van der Waals surface area contributed by atoms with Crippen LogP contribution < -0.4 is 0 Å². The Bertz CT molecular complexity index is 514. The topological polar surface area (TPSA) is 70.5 Å². The number of hydrogen-bond acceptors (Lipinski definition) is 4. The van der Waals surface area contributed by atoms with Gasteiger partial charge in [0.25, 0.3) is 5.91 Å². The number of rotatable bonds is 2. The Hall–Kier alpha value is -0.850. The van der Waals surface area contributed by atoms with E-state index in [2.05, 4.69) is 25.8 Å². The molecule has 2 rings (SSSR count). The molecule has 1 unspecified atom stereocenters. The lowest BCUT2D eigenvalue weighted by Gasteiger charge is -2.15. The average molecular weight is 355 g/mol. The molecule has 120 valence electrons. The Kier molecular flexibility index (Phi) is 7.12. The number of carbonyl (C=O) groups excluding carboxylic acids is 1. The van der Waals surface area contributed by atoms with Gasteiger partial charge in [-0.1, -0.05) is 20.8 Å². The molecule has 5 nitrogen and oxygen atoms in total. The van der Waals surface area contributed by atoms with Gasteiger partial charge in [-0.15, -0.1) is 36.2 Å². The van der Waals surface area contributed by atoms with Crippen molar-refractivity contribution in [3.63, 3.8) is 0 Å². The number of likely N-dealkylation sites (tertiary alicyclic amines) is 1. The van der Waals surface area contributed by atoms with Gasteiger partial charge in [0, 0.05) is 18.5 Å². The first-order chi connectivity index (χ1) is 8.79. The second kappa shape index (κ2) is 7.42. The fourth-order valence-corrected chi connectivity index (χ4v) is 2.96. The van der Waals surface area contributed by atoms with E-state index in [0.29, 0.717) is 24.4 Å². The summed E-state index contributed by atoms with van der Waals surface area (Å²) in [5.41, 5.74) is -0.0716. The summed E-state index contributed by atoms with van der Waals surface area (Å²) in [5.74, 6) is -1.36. The van der Waals surface area contributed by atoms with E-state index in [1.54, 1.807) is 11.1 Å². The minimum Gasteiger partial charge on any atom is -0.481 e. The molecular weight excluding hydrogens is 335 g/mol. The number of aliphatic carboxylic acids is 1. The predicted octanol–water partition coefficient (Wildman–Crippen LogP) is 2.83. The molecule has 1 aliphatic rings. The Balaban J connectivity index is 0.00000200. The number of carboxylic acids is 1. The van der Waals surface area contributed by atoms with Gasteiger partial charge >= 0.3 is 5.97 Å². The molecule has 1 fully saturated rings. The highest BCUT2D eigenvalue weighted by Gasteiger charge is 2.32. The largest absolute Gasteiger partial charge is 0.481 e. The first-order valence-corrected chi connectivity index (χ1v) is 7.09. The van der Waals surface area contributed by atoms with Crippen LogP contribution in [0, 0.1) is 5.92 Å². The van der Waals surface area contributed by atoms with Crippen molar-refractivity contribution < 1.29 is 14.7 Å². The second-order valence-corrected chi connectivity index (χ2v) is 6.89. The van der Waals surface area contributed by atoms with Gasteiger partial charge in [0.1, 0.15) is 4.88 Å². The van der Waals surface area contributed by atoms with Gasteiger partial charge in [-0.2, -0.15) is 0 Å². The lowest BCUT2D eigenvalue weighted by atomic mass is 9.98. The summed E-state index contributed by atoms with van der Waals surface area (Å²) in [7, 11) is 0. The number of carboxylic acid groups (broad SMARTS) is 1. The maximum atomic E-state index is 12.3. The van der Waals surface area contributed by atoms with Crippen LogP contribution in [0.1, 0.15) is 41.9 Å². The summed E-state index contributed by atoms with van der Waals surface area (Å²) in [5, 5.41) is 9.87. The molecule has 0 saturated carbocycles. The highest BCUT2D eigenvalue weighted by atomic mass is 35.5. The third-order valence-electron chi connectivity index (χ3n) is 3.18. The molecule has 1 aliphatic heterocycles. The SMILES string of the molecule is CC(C)(C)c1ncc(C(=O)N2CCC(C(=O)O)C2)s1.Cl.Cl. The van der Waals surface area contributed by atoms with Gasteiger partial charge in [0.2, 0.25) is 0 Å². The van der Waals surface area contributed by atoms with Crippen LogP contribution in [-0.2, 0) is 10.2 Å². The molecule has 1 saturated heterocycles. The first-order valence-electron chi connectivity index (χ1n) is 6.27. The maximum Gasteiger partial charge on any atom is 0.308 e. The van der Waals surface area contributed by atoms with Crippen molar-refractivity contribution in [2.45, 2.75) is 32.6 Å². The molecule has 1 atom stereocenters. The molecular formula is C13H20Cl2N2O3S. The summed E-state index contributed by atoms with van der Waals surface area (Å²) in [6.07, 6.45) is 2.13. The molecule has 1 aromatic rings. The standard InChI is InChI=1S/C13H18N2O3S.2ClH/c1-13(2,3)12-14-6-9(19-12)10(16)15-5-4-8(7-15)11(17)18;;/h6,8H,4-5,7H2,1-3H3,(H,17,18);2*1H. The minimum atomic E-state index is -0.824. The monoisotopic (exact) mass is 354 g/mol. The number of hydrogen-bond donors (Lipinski definition) is 1. The maximum absolute atomic E-state index is 12.3. The third kappa shape index (κ3) is 4.56. The molecule has 1 amide bonds. The number of halogens is 2. The highest BCUT2D eigenvalue weighted by Crippen LogP contribution is 2.28. The summed E-state index contributed by atoms with van der Waals surface area (Å²) in [6.45, 7) is 6.97. The van der Waals surface area contributed by atoms with Crippen LogP contribution in [0.3, 0.4) is 0 Å². The second-order valence-electron chi connectivity index (χ2n) is 5.85. The van der Waals surface area contributed by atoms with Gasteiger partial charge < -0.3 is 10.0 Å². The van der Waals surface area contributed by atoms with E-state index >= 15 is 0 Å². The van der Waals surface area contributed by atoms with Crippen molar-refractivity contribution in [2.75, 3.05) is 13.1 Å². The summed E-state index contributed by atoms with van der Waals surface area (Å²) in [6, 6.07) is 0. The van der Waals surface area contributed by atoms with E-state index in [4.69, 9.17) is 5.11 Å². The molecule has 21 heavy (non-hydrogen) atoms. The zero-order valence-corrected chi connectivity index (χ0v) is 14.6. The Morgan fingerprint density at radius 1 is 1.38 bits per heavy atom. The van der Waals surface area contributed by atoms with Crippen molar-refractivity contribution in [3.8, 4) is 0 Å². The van der Waals surface area contributed by atoms with E-state index in [0.717, 1.165) is 5.01 Å². The van der Waals surface area contributed by atoms with Crippen LogP contribution in [0.15, 0.2) is 6.20 Å². The van der Waals surface area contributed by atoms with Crippen LogP contribution in [0.4, 0.5) is 0 Å².